The van der Waals surface area contributed by atoms with Crippen molar-refractivity contribution in [1.82, 2.24) is 10.2 Å². The first-order valence-corrected chi connectivity index (χ1v) is 12.8. The molecule has 2 rings (SSSR count). The van der Waals surface area contributed by atoms with Crippen LogP contribution in [0.25, 0.3) is 0 Å². The molecule has 0 fully saturated rings. The van der Waals surface area contributed by atoms with Crippen molar-refractivity contribution in [3.8, 4) is 5.75 Å². The van der Waals surface area contributed by atoms with Gasteiger partial charge in [-0.1, -0.05) is 71.3 Å². The Balaban J connectivity index is 2.22. The number of rotatable bonds is 10. The summed E-state index contributed by atoms with van der Waals surface area (Å²) in [7, 11) is 0. The number of amides is 2. The summed E-state index contributed by atoms with van der Waals surface area (Å²) in [6.07, 6.45) is 0.493. The minimum Gasteiger partial charge on any atom is -0.483 e. The molecule has 1 atom stereocenters. The molecule has 2 aromatic rings. The molecule has 2 aromatic carbocycles. The van der Waals surface area contributed by atoms with Crippen LogP contribution >= 0.6 is 27.5 Å². The van der Waals surface area contributed by atoms with Crippen LogP contribution in [0.4, 0.5) is 0 Å². The highest BCUT2D eigenvalue weighted by atomic mass is 79.9. The number of hydrogen-bond donors (Lipinski definition) is 1. The second-order valence-electron chi connectivity index (χ2n) is 9.90. The molecule has 0 radical (unpaired) electrons. The maximum Gasteiger partial charge on any atom is 0.261 e. The van der Waals surface area contributed by atoms with Crippen LogP contribution in [0.2, 0.25) is 5.02 Å². The van der Waals surface area contributed by atoms with Crippen molar-refractivity contribution in [2.24, 2.45) is 5.92 Å². The molecule has 0 bridgehead atoms. The molecule has 5 nitrogen and oxygen atoms in total. The summed E-state index contributed by atoms with van der Waals surface area (Å²) in [6, 6.07) is 12.6. The zero-order chi connectivity index (χ0) is 25.5. The number of halogens is 2. The smallest absolute Gasteiger partial charge is 0.261 e. The molecule has 0 spiro atoms. The van der Waals surface area contributed by atoms with Crippen LogP contribution in [-0.4, -0.2) is 35.9 Å². The maximum atomic E-state index is 13.3. The number of nitrogens with one attached hydrogen (secondary N) is 1. The molecule has 0 aromatic heterocycles. The van der Waals surface area contributed by atoms with Crippen molar-refractivity contribution in [3.63, 3.8) is 0 Å². The fraction of sp³-hybridized carbons (Fsp3) is 0.481. The van der Waals surface area contributed by atoms with E-state index in [1.54, 1.807) is 17.0 Å². The van der Waals surface area contributed by atoms with Crippen molar-refractivity contribution in [1.29, 1.82) is 0 Å². The van der Waals surface area contributed by atoms with Crippen LogP contribution in [0.3, 0.4) is 0 Å². The van der Waals surface area contributed by atoms with Gasteiger partial charge in [-0.25, -0.2) is 0 Å². The Hall–Kier alpha value is -2.05. The summed E-state index contributed by atoms with van der Waals surface area (Å²) < 4.78 is 6.68. The third-order valence-electron chi connectivity index (χ3n) is 5.49. The van der Waals surface area contributed by atoms with Gasteiger partial charge in [-0.05, 0) is 69.1 Å². The zero-order valence-electron chi connectivity index (χ0n) is 21.0. The number of benzene rings is 2. The van der Waals surface area contributed by atoms with Crippen molar-refractivity contribution >= 4 is 39.3 Å². The lowest BCUT2D eigenvalue weighted by Crippen LogP contribution is -2.50. The first kappa shape index (κ1) is 28.2. The minimum atomic E-state index is -0.600. The lowest BCUT2D eigenvalue weighted by atomic mass is 9.87. The second kappa shape index (κ2) is 12.6. The quantitative estimate of drug-likeness (QED) is 0.374. The average Bonchev–Trinajstić information content (AvgIpc) is 2.77. The molecule has 0 heterocycles. The zero-order valence-corrected chi connectivity index (χ0v) is 23.3. The minimum absolute atomic E-state index is 0.00391. The van der Waals surface area contributed by atoms with E-state index in [2.05, 4.69) is 42.0 Å². The number of carbonyl (C=O) groups is 2. The third kappa shape index (κ3) is 8.31. The molecular weight excluding hydrogens is 516 g/mol. The van der Waals surface area contributed by atoms with Crippen molar-refractivity contribution in [2.75, 3.05) is 13.2 Å². The highest BCUT2D eigenvalue weighted by Crippen LogP contribution is 2.31. The van der Waals surface area contributed by atoms with E-state index < -0.39 is 6.04 Å². The highest BCUT2D eigenvalue weighted by Gasteiger charge is 2.29. The van der Waals surface area contributed by atoms with E-state index >= 15 is 0 Å². The largest absolute Gasteiger partial charge is 0.483 e. The Kier molecular flexibility index (Phi) is 10.4. The molecular formula is C27H36BrClN2O3. The Morgan fingerprint density at radius 2 is 1.76 bits per heavy atom. The van der Waals surface area contributed by atoms with Crippen molar-refractivity contribution < 1.29 is 14.3 Å². The van der Waals surface area contributed by atoms with E-state index in [0.29, 0.717) is 29.7 Å². The summed E-state index contributed by atoms with van der Waals surface area (Å²) in [6.45, 7) is 13.1. The molecule has 0 saturated carbocycles. The van der Waals surface area contributed by atoms with Crippen molar-refractivity contribution in [2.45, 2.75) is 66.0 Å². The number of ether oxygens (including phenoxy) is 1. The molecule has 2 amide bonds. The van der Waals surface area contributed by atoms with Crippen LogP contribution in [0.5, 0.6) is 5.75 Å². The van der Waals surface area contributed by atoms with Gasteiger partial charge < -0.3 is 15.0 Å². The SMILES string of the molecule is CC[C@@H](C(=O)NCC(C)C)N(Cc1ccc(Cl)cc1)C(=O)COc1ccc(C(C)(C)C)cc1Br. The molecule has 34 heavy (non-hydrogen) atoms. The van der Waals surface area contributed by atoms with Gasteiger partial charge in [-0.2, -0.15) is 0 Å². The lowest BCUT2D eigenvalue weighted by molar-refractivity contribution is -0.143. The predicted octanol–water partition coefficient (Wildman–Crippen LogP) is 6.36. The summed E-state index contributed by atoms with van der Waals surface area (Å²) >= 11 is 9.58. The van der Waals surface area contributed by atoms with Crippen LogP contribution in [-0.2, 0) is 21.5 Å². The predicted molar refractivity (Wildman–Crippen MR) is 142 cm³/mol. The lowest BCUT2D eigenvalue weighted by Gasteiger charge is -2.31. The van der Waals surface area contributed by atoms with E-state index in [0.717, 1.165) is 15.6 Å². The molecule has 0 saturated heterocycles. The summed E-state index contributed by atoms with van der Waals surface area (Å²) in [5, 5.41) is 3.58. The molecule has 186 valence electrons. The molecule has 1 N–H and O–H groups in total. The van der Waals surface area contributed by atoms with Crippen LogP contribution in [0.1, 0.15) is 59.1 Å². The van der Waals surface area contributed by atoms with Crippen LogP contribution < -0.4 is 10.1 Å². The normalized spacial score (nSPS) is 12.4. The number of nitrogens with zero attached hydrogens (tertiary/aromatic N) is 1. The standard InChI is InChI=1S/C27H36BrClN2O3/c1-7-23(26(33)30-15-18(2)3)31(16-19-8-11-21(29)12-9-19)25(32)17-34-24-13-10-20(14-22(24)28)27(4,5)6/h8-14,18,23H,7,15-17H2,1-6H3,(H,30,33)/t23-/m0/s1. The molecule has 0 aliphatic heterocycles. The number of hydrogen-bond acceptors (Lipinski definition) is 3. The first-order chi connectivity index (χ1) is 15.9. The number of carbonyl (C=O) groups excluding carboxylic acids is 2. The molecule has 7 heteroatoms. The van der Waals surface area contributed by atoms with Gasteiger partial charge in [0.1, 0.15) is 11.8 Å². The van der Waals surface area contributed by atoms with Gasteiger partial charge in [0.25, 0.3) is 5.91 Å². The maximum absolute atomic E-state index is 13.3. The molecule has 0 aliphatic rings. The van der Waals surface area contributed by atoms with Gasteiger partial charge in [0, 0.05) is 18.1 Å². The molecule has 0 unspecified atom stereocenters. The van der Waals surface area contributed by atoms with E-state index in [-0.39, 0.29) is 30.4 Å². The monoisotopic (exact) mass is 550 g/mol. The van der Waals surface area contributed by atoms with Gasteiger partial charge in [0.05, 0.1) is 4.47 Å². The van der Waals surface area contributed by atoms with E-state index in [1.807, 2.05) is 51.1 Å². The highest BCUT2D eigenvalue weighted by molar-refractivity contribution is 9.10. The van der Waals surface area contributed by atoms with Crippen molar-refractivity contribution in [3.05, 3.63) is 63.1 Å². The van der Waals surface area contributed by atoms with Gasteiger partial charge in [0.2, 0.25) is 5.91 Å². The summed E-state index contributed by atoms with van der Waals surface area (Å²) in [4.78, 5) is 27.9. The Bertz CT molecular complexity index is 971. The van der Waals surface area contributed by atoms with E-state index in [1.165, 1.54) is 0 Å². The van der Waals surface area contributed by atoms with E-state index in [9.17, 15) is 9.59 Å². The van der Waals surface area contributed by atoms with Crippen LogP contribution in [0, 0.1) is 5.92 Å². The first-order valence-electron chi connectivity index (χ1n) is 11.7. The fourth-order valence-electron chi connectivity index (χ4n) is 3.44. The van der Waals surface area contributed by atoms with Gasteiger partial charge in [-0.3, -0.25) is 9.59 Å². The van der Waals surface area contributed by atoms with Gasteiger partial charge in [0.15, 0.2) is 6.61 Å². The summed E-state index contributed by atoms with van der Waals surface area (Å²) in [5.74, 6) is 0.492. The summed E-state index contributed by atoms with van der Waals surface area (Å²) in [5.41, 5.74) is 2.06. The Morgan fingerprint density at radius 3 is 2.29 bits per heavy atom. The Morgan fingerprint density at radius 1 is 1.12 bits per heavy atom. The van der Waals surface area contributed by atoms with E-state index in [4.69, 9.17) is 16.3 Å². The molecule has 0 aliphatic carbocycles. The Labute approximate surface area is 217 Å². The van der Waals surface area contributed by atoms with Gasteiger partial charge >= 0.3 is 0 Å². The topological polar surface area (TPSA) is 58.6 Å². The second-order valence-corrected chi connectivity index (χ2v) is 11.2. The van der Waals surface area contributed by atoms with Crippen LogP contribution in [0.15, 0.2) is 46.9 Å². The average molecular weight is 552 g/mol. The fourth-order valence-corrected chi connectivity index (χ4v) is 4.05. The third-order valence-corrected chi connectivity index (χ3v) is 6.36. The van der Waals surface area contributed by atoms with Gasteiger partial charge in [-0.15, -0.1) is 0 Å².